The molecular formula is C13H9ClF6N4O3S2. The first-order valence-corrected chi connectivity index (χ1v) is 9.95. The van der Waals surface area contributed by atoms with E-state index in [4.69, 9.17) is 11.6 Å². The summed E-state index contributed by atoms with van der Waals surface area (Å²) in [4.78, 5) is 10.9. The summed E-state index contributed by atoms with van der Waals surface area (Å²) in [5.41, 5.74) is -1.35. The molecule has 0 fully saturated rings. The molecule has 0 aliphatic heterocycles. The van der Waals surface area contributed by atoms with Gasteiger partial charge in [-0.05, 0) is 18.2 Å². The van der Waals surface area contributed by atoms with E-state index in [0.29, 0.717) is 6.07 Å². The highest BCUT2D eigenvalue weighted by molar-refractivity contribution is 7.89. The number of alkyl halides is 6. The molecule has 16 heteroatoms. The second kappa shape index (κ2) is 8.41. The van der Waals surface area contributed by atoms with E-state index in [9.17, 15) is 39.6 Å². The Hall–Kier alpha value is -1.97. The van der Waals surface area contributed by atoms with Gasteiger partial charge in [0.1, 0.15) is 0 Å². The normalized spacial score (nSPS) is 12.8. The van der Waals surface area contributed by atoms with Gasteiger partial charge in [-0.3, -0.25) is 4.79 Å². The third-order valence-electron chi connectivity index (χ3n) is 3.11. The van der Waals surface area contributed by atoms with Crippen LogP contribution >= 0.6 is 22.9 Å². The number of rotatable bonds is 6. The third-order valence-corrected chi connectivity index (χ3v) is 5.78. The first kappa shape index (κ1) is 23.3. The Morgan fingerprint density at radius 3 is 2.31 bits per heavy atom. The molecule has 0 atom stereocenters. The molecule has 1 amide bonds. The second-order valence-corrected chi connectivity index (χ2v) is 8.40. The number of benzene rings is 1. The highest BCUT2D eigenvalue weighted by atomic mass is 35.5. The van der Waals surface area contributed by atoms with Gasteiger partial charge < -0.3 is 5.32 Å². The first-order chi connectivity index (χ1) is 13.2. The number of aromatic nitrogens is 2. The number of hydrogen-bond donors (Lipinski definition) is 2. The van der Waals surface area contributed by atoms with E-state index in [0.717, 1.165) is 12.1 Å². The minimum atomic E-state index is -4.88. The van der Waals surface area contributed by atoms with Crippen molar-refractivity contribution in [2.75, 3.05) is 11.9 Å². The molecule has 2 aromatic rings. The van der Waals surface area contributed by atoms with E-state index in [2.05, 4.69) is 10.2 Å². The van der Waals surface area contributed by atoms with E-state index in [1.807, 2.05) is 10.0 Å². The van der Waals surface area contributed by atoms with Crippen molar-refractivity contribution < 1.29 is 39.6 Å². The smallest absolute Gasteiger partial charge is 0.300 e. The lowest BCUT2D eigenvalue weighted by molar-refractivity contribution is -0.138. The van der Waals surface area contributed by atoms with Crippen LogP contribution in [0.5, 0.6) is 0 Å². The number of sulfonamides is 1. The van der Waals surface area contributed by atoms with Gasteiger partial charge >= 0.3 is 12.4 Å². The van der Waals surface area contributed by atoms with Crippen LogP contribution in [0.1, 0.15) is 17.0 Å². The molecule has 0 saturated carbocycles. The van der Waals surface area contributed by atoms with Gasteiger partial charge in [-0.15, -0.1) is 10.2 Å². The van der Waals surface area contributed by atoms with Crippen molar-refractivity contribution in [3.63, 3.8) is 0 Å². The van der Waals surface area contributed by atoms with E-state index in [1.54, 1.807) is 0 Å². The van der Waals surface area contributed by atoms with E-state index >= 15 is 0 Å². The van der Waals surface area contributed by atoms with Gasteiger partial charge in [-0.2, -0.15) is 26.3 Å². The summed E-state index contributed by atoms with van der Waals surface area (Å²) in [6, 6.07) is 1.95. The van der Waals surface area contributed by atoms with E-state index < -0.39 is 66.9 Å². The zero-order chi connectivity index (χ0) is 22.0. The molecule has 1 aromatic carbocycles. The van der Waals surface area contributed by atoms with Crippen molar-refractivity contribution in [3.05, 3.63) is 33.8 Å². The Kier molecular flexibility index (Phi) is 6.76. The molecule has 160 valence electrons. The molecular weight excluding hydrogens is 474 g/mol. The van der Waals surface area contributed by atoms with Gasteiger partial charge in [0.05, 0.1) is 15.5 Å². The van der Waals surface area contributed by atoms with Crippen molar-refractivity contribution in [1.29, 1.82) is 0 Å². The highest BCUT2D eigenvalue weighted by Gasteiger charge is 2.36. The van der Waals surface area contributed by atoms with Gasteiger partial charge in [0.25, 0.3) is 0 Å². The van der Waals surface area contributed by atoms with Crippen LogP contribution in [0.4, 0.5) is 31.5 Å². The predicted octanol–water partition coefficient (Wildman–Crippen LogP) is 3.54. The number of carbonyl (C=O) groups is 1. The Balaban J connectivity index is 1.97. The number of amides is 1. The summed E-state index contributed by atoms with van der Waals surface area (Å²) in [7, 11) is -4.41. The molecule has 0 saturated heterocycles. The molecule has 0 bridgehead atoms. The number of anilines is 1. The van der Waals surface area contributed by atoms with Crippen molar-refractivity contribution in [2.45, 2.75) is 23.7 Å². The van der Waals surface area contributed by atoms with Crippen LogP contribution < -0.4 is 10.0 Å². The summed E-state index contributed by atoms with van der Waals surface area (Å²) in [6.45, 7) is -0.539. The highest BCUT2D eigenvalue weighted by Crippen LogP contribution is 2.36. The number of halogens is 7. The lowest BCUT2D eigenvalue weighted by Crippen LogP contribution is -2.28. The minimum Gasteiger partial charge on any atom is -0.300 e. The topological polar surface area (TPSA) is 101 Å². The maximum atomic E-state index is 12.8. The Morgan fingerprint density at radius 1 is 1.10 bits per heavy atom. The zero-order valence-corrected chi connectivity index (χ0v) is 16.1. The Bertz CT molecular complexity index is 1010. The summed E-state index contributed by atoms with van der Waals surface area (Å²) in [6.07, 6.45) is -10.1. The maximum absolute atomic E-state index is 12.8. The molecule has 0 aliphatic carbocycles. The monoisotopic (exact) mass is 482 g/mol. The maximum Gasteiger partial charge on any atom is 0.445 e. The molecule has 2 rings (SSSR count). The van der Waals surface area contributed by atoms with Crippen molar-refractivity contribution in [3.8, 4) is 0 Å². The van der Waals surface area contributed by atoms with Gasteiger partial charge in [-0.25, -0.2) is 13.1 Å². The van der Waals surface area contributed by atoms with Crippen molar-refractivity contribution in [2.24, 2.45) is 0 Å². The van der Waals surface area contributed by atoms with E-state index in [-0.39, 0.29) is 11.3 Å². The zero-order valence-electron chi connectivity index (χ0n) is 13.7. The summed E-state index contributed by atoms with van der Waals surface area (Å²) in [5, 5.41) is 5.56. The van der Waals surface area contributed by atoms with Crippen LogP contribution in [0.15, 0.2) is 23.1 Å². The third kappa shape index (κ3) is 6.25. The Labute approximate surface area is 168 Å². The fraction of sp³-hybridized carbons (Fsp3) is 0.308. The van der Waals surface area contributed by atoms with Crippen molar-refractivity contribution >= 4 is 44.0 Å². The van der Waals surface area contributed by atoms with Gasteiger partial charge in [0.2, 0.25) is 26.1 Å². The predicted molar refractivity (Wildman–Crippen MR) is 89.8 cm³/mol. The molecule has 0 radical (unpaired) electrons. The van der Waals surface area contributed by atoms with E-state index in [1.165, 1.54) is 0 Å². The van der Waals surface area contributed by atoms with Crippen LogP contribution in [0, 0.1) is 0 Å². The average Bonchev–Trinajstić information content (AvgIpc) is 3.02. The lowest BCUT2D eigenvalue weighted by atomic mass is 10.2. The fourth-order valence-corrected chi connectivity index (χ4v) is 3.75. The van der Waals surface area contributed by atoms with Crippen LogP contribution in [0.25, 0.3) is 0 Å². The minimum absolute atomic E-state index is 0.0724. The molecule has 1 aromatic heterocycles. The Morgan fingerprint density at radius 2 is 1.76 bits per heavy atom. The largest absolute Gasteiger partial charge is 0.445 e. The van der Waals surface area contributed by atoms with Crippen LogP contribution in [-0.4, -0.2) is 31.1 Å². The molecule has 0 aliphatic rings. The van der Waals surface area contributed by atoms with Gasteiger partial charge in [-0.1, -0.05) is 22.9 Å². The summed E-state index contributed by atoms with van der Waals surface area (Å²) < 4.78 is 102. The second-order valence-electron chi connectivity index (χ2n) is 5.25. The summed E-state index contributed by atoms with van der Waals surface area (Å²) in [5.74, 6) is -0.885. The number of carbonyl (C=O) groups excluding carboxylic acids is 1. The van der Waals surface area contributed by atoms with Crippen LogP contribution in [0.2, 0.25) is 5.02 Å². The number of nitrogens with zero attached hydrogens (tertiary/aromatic N) is 2. The molecule has 0 unspecified atom stereocenters. The standard InChI is InChI=1S/C13H9ClF6N4O3S2/c14-8-2-1-6(5-7(8)12(15,16)17)29(26,27)21-4-3-9(25)22-11-24-23-10(28-11)13(18,19)20/h1-2,5,21H,3-4H2,(H,22,24,25). The number of nitrogens with one attached hydrogen (secondary N) is 2. The first-order valence-electron chi connectivity index (χ1n) is 7.27. The number of hydrogen-bond acceptors (Lipinski definition) is 6. The lowest BCUT2D eigenvalue weighted by Gasteiger charge is -2.12. The summed E-state index contributed by atoms with van der Waals surface area (Å²) >= 11 is 5.49. The molecule has 1 heterocycles. The van der Waals surface area contributed by atoms with Crippen molar-refractivity contribution in [1.82, 2.24) is 14.9 Å². The van der Waals surface area contributed by atoms with Crippen LogP contribution in [-0.2, 0) is 27.2 Å². The molecule has 2 N–H and O–H groups in total. The van der Waals surface area contributed by atoms with Crippen LogP contribution in [0.3, 0.4) is 0 Å². The SMILES string of the molecule is O=C(CCNS(=O)(=O)c1ccc(Cl)c(C(F)(F)F)c1)Nc1nnc(C(F)(F)F)s1. The van der Waals surface area contributed by atoms with Gasteiger partial charge in [0, 0.05) is 13.0 Å². The average molecular weight is 483 g/mol. The molecule has 7 nitrogen and oxygen atoms in total. The van der Waals surface area contributed by atoms with Gasteiger partial charge in [0.15, 0.2) is 0 Å². The fourth-order valence-electron chi connectivity index (χ4n) is 1.84. The quantitative estimate of drug-likeness (QED) is 0.613. The molecule has 0 spiro atoms. The molecule has 29 heavy (non-hydrogen) atoms.